The zero-order valence-corrected chi connectivity index (χ0v) is 17.6. The van der Waals surface area contributed by atoms with E-state index in [2.05, 4.69) is 91.3 Å². The van der Waals surface area contributed by atoms with E-state index in [0.717, 1.165) is 19.3 Å². The Kier molecular flexibility index (Phi) is 4.62. The van der Waals surface area contributed by atoms with E-state index < -0.39 is 0 Å². The van der Waals surface area contributed by atoms with E-state index in [-0.39, 0.29) is 18.6 Å². The van der Waals surface area contributed by atoms with Crippen molar-refractivity contribution in [2.45, 2.75) is 19.3 Å². The first-order chi connectivity index (χ1) is 13.9. The molecule has 4 aromatic rings. The summed E-state index contributed by atoms with van der Waals surface area (Å²) < 4.78 is 0. The molecular formula is C28H21V-. The van der Waals surface area contributed by atoms with Crippen LogP contribution in [0, 0.1) is 6.42 Å². The molecule has 0 atom stereocenters. The number of hydrogen-bond donors (Lipinski definition) is 0. The molecule has 0 N–H and O–H groups in total. The molecule has 0 unspecified atom stereocenters. The Labute approximate surface area is 184 Å². The van der Waals surface area contributed by atoms with Crippen LogP contribution in [0.15, 0.2) is 84.9 Å². The van der Waals surface area contributed by atoms with Crippen LogP contribution in [0.4, 0.5) is 0 Å². The van der Waals surface area contributed by atoms with Crippen molar-refractivity contribution in [3.63, 3.8) is 0 Å². The predicted octanol–water partition coefficient (Wildman–Crippen LogP) is 6.62. The van der Waals surface area contributed by atoms with Gasteiger partial charge >= 0.3 is 0 Å². The molecule has 2 aliphatic carbocycles. The summed E-state index contributed by atoms with van der Waals surface area (Å²) in [6.45, 7) is 0. The van der Waals surface area contributed by atoms with Crippen LogP contribution < -0.4 is 0 Å². The second-order valence-corrected chi connectivity index (χ2v) is 7.89. The van der Waals surface area contributed by atoms with Crippen LogP contribution in [0.3, 0.4) is 0 Å². The van der Waals surface area contributed by atoms with Crippen LogP contribution in [0.2, 0.25) is 0 Å². The molecule has 0 aromatic heterocycles. The summed E-state index contributed by atoms with van der Waals surface area (Å²) in [5.74, 6) is 0. The SMILES string of the molecule is [V].c1ccc2c(c1)Cc1c([CH-]Cc3cccc4c3Cc3ccccc3-4)cccc1-2. The third-order valence-electron chi connectivity index (χ3n) is 6.38. The third-order valence-corrected chi connectivity index (χ3v) is 6.38. The topological polar surface area (TPSA) is 0 Å². The van der Waals surface area contributed by atoms with Crippen molar-refractivity contribution in [1.29, 1.82) is 0 Å². The van der Waals surface area contributed by atoms with Gasteiger partial charge in [0.1, 0.15) is 0 Å². The van der Waals surface area contributed by atoms with Gasteiger partial charge in [-0.3, -0.25) is 0 Å². The molecule has 6 rings (SSSR count). The Morgan fingerprint density at radius 1 is 0.552 bits per heavy atom. The first kappa shape index (κ1) is 18.4. The van der Waals surface area contributed by atoms with E-state index in [4.69, 9.17) is 0 Å². The molecule has 1 radical (unpaired) electrons. The number of rotatable bonds is 3. The molecule has 0 amide bonds. The van der Waals surface area contributed by atoms with Gasteiger partial charge in [-0.2, -0.15) is 18.1 Å². The Bertz CT molecular complexity index is 1120. The summed E-state index contributed by atoms with van der Waals surface area (Å²) in [5.41, 5.74) is 14.4. The first-order valence-electron chi connectivity index (χ1n) is 10.1. The molecule has 1 heteroatoms. The molecule has 0 nitrogen and oxygen atoms in total. The van der Waals surface area contributed by atoms with E-state index >= 15 is 0 Å². The van der Waals surface area contributed by atoms with Gasteiger partial charge in [-0.25, -0.2) is 0 Å². The summed E-state index contributed by atoms with van der Waals surface area (Å²) in [6.07, 6.45) is 5.54. The minimum absolute atomic E-state index is 0. The molecule has 4 aromatic carbocycles. The smallest absolute Gasteiger partial charge is 0 e. The maximum absolute atomic E-state index is 2.43. The first-order valence-corrected chi connectivity index (χ1v) is 10.1. The van der Waals surface area contributed by atoms with Crippen molar-refractivity contribution in [2.24, 2.45) is 0 Å². The largest absolute Gasteiger partial charge is 0.188 e. The van der Waals surface area contributed by atoms with E-state index in [1.165, 1.54) is 55.6 Å². The average Bonchev–Trinajstić information content (AvgIpc) is 3.31. The standard InChI is InChI=1S/C28H21.V/c1-3-11-23-21(7-1)17-27-19(9-5-13-25(23)27)15-16-20-10-6-14-26-24-12-4-2-8-22(24)18-28(20)26;/h1-15H,16-18H2;/q-1;. The minimum Gasteiger partial charge on any atom is -0.188 e. The molecule has 29 heavy (non-hydrogen) atoms. The van der Waals surface area contributed by atoms with Crippen LogP contribution in [0.5, 0.6) is 0 Å². The van der Waals surface area contributed by atoms with Crippen LogP contribution >= 0.6 is 0 Å². The molecule has 0 spiro atoms. The number of hydrogen-bond acceptors (Lipinski definition) is 0. The van der Waals surface area contributed by atoms with Gasteiger partial charge in [-0.15, -0.1) is 11.6 Å². The fraction of sp³-hybridized carbons (Fsp3) is 0.107. The zero-order valence-electron chi connectivity index (χ0n) is 16.2. The molecule has 139 valence electrons. The van der Waals surface area contributed by atoms with Gasteiger partial charge in [0.25, 0.3) is 0 Å². The van der Waals surface area contributed by atoms with Gasteiger partial charge in [0.15, 0.2) is 0 Å². The fourth-order valence-electron chi connectivity index (χ4n) is 5.01. The van der Waals surface area contributed by atoms with Gasteiger partial charge in [0.05, 0.1) is 0 Å². The van der Waals surface area contributed by atoms with Crippen molar-refractivity contribution in [1.82, 2.24) is 0 Å². The summed E-state index contributed by atoms with van der Waals surface area (Å²) in [5, 5.41) is 0. The van der Waals surface area contributed by atoms with Crippen molar-refractivity contribution in [3.8, 4) is 22.3 Å². The number of benzene rings is 4. The molecule has 2 aliphatic rings. The van der Waals surface area contributed by atoms with Crippen molar-refractivity contribution in [2.75, 3.05) is 0 Å². The van der Waals surface area contributed by atoms with Crippen molar-refractivity contribution >= 4 is 0 Å². The van der Waals surface area contributed by atoms with Crippen LogP contribution in [0.25, 0.3) is 22.3 Å². The maximum Gasteiger partial charge on any atom is 0 e. The summed E-state index contributed by atoms with van der Waals surface area (Å²) in [7, 11) is 0. The van der Waals surface area contributed by atoms with Crippen LogP contribution in [-0.2, 0) is 37.8 Å². The van der Waals surface area contributed by atoms with Gasteiger partial charge in [-0.05, 0) is 46.2 Å². The molecule has 0 fully saturated rings. The molecule has 0 saturated heterocycles. The van der Waals surface area contributed by atoms with Gasteiger partial charge < -0.3 is 0 Å². The molecule has 0 bridgehead atoms. The van der Waals surface area contributed by atoms with Gasteiger partial charge in [0, 0.05) is 18.6 Å². The molecule has 0 saturated carbocycles. The normalized spacial score (nSPS) is 12.4. The van der Waals surface area contributed by atoms with E-state index in [1.54, 1.807) is 0 Å². The van der Waals surface area contributed by atoms with Crippen molar-refractivity contribution in [3.05, 3.63) is 125 Å². The van der Waals surface area contributed by atoms with Crippen LogP contribution in [-0.4, -0.2) is 0 Å². The van der Waals surface area contributed by atoms with Crippen LogP contribution in [0.1, 0.15) is 33.4 Å². The fourth-order valence-corrected chi connectivity index (χ4v) is 5.01. The minimum atomic E-state index is 0. The number of fused-ring (bicyclic) bond motifs is 6. The summed E-state index contributed by atoms with van der Waals surface area (Å²) >= 11 is 0. The van der Waals surface area contributed by atoms with E-state index in [9.17, 15) is 0 Å². The quantitative estimate of drug-likeness (QED) is 0.289. The Morgan fingerprint density at radius 2 is 1.10 bits per heavy atom. The molecule has 0 aliphatic heterocycles. The monoisotopic (exact) mass is 408 g/mol. The third kappa shape index (κ3) is 2.95. The Hall–Kier alpha value is -2.67. The zero-order chi connectivity index (χ0) is 18.5. The average molecular weight is 408 g/mol. The Morgan fingerprint density at radius 3 is 1.83 bits per heavy atom. The van der Waals surface area contributed by atoms with Gasteiger partial charge in [0.2, 0.25) is 0 Å². The van der Waals surface area contributed by atoms with Gasteiger partial charge in [-0.1, -0.05) is 90.3 Å². The molecular weight excluding hydrogens is 387 g/mol. The summed E-state index contributed by atoms with van der Waals surface area (Å²) in [6, 6.07) is 31.2. The Balaban J connectivity index is 0.00000181. The van der Waals surface area contributed by atoms with E-state index in [0.29, 0.717) is 0 Å². The second kappa shape index (κ2) is 7.30. The second-order valence-electron chi connectivity index (χ2n) is 7.89. The predicted molar refractivity (Wildman–Crippen MR) is 116 cm³/mol. The maximum atomic E-state index is 2.43. The van der Waals surface area contributed by atoms with Crippen molar-refractivity contribution < 1.29 is 18.6 Å². The summed E-state index contributed by atoms with van der Waals surface area (Å²) in [4.78, 5) is 0. The molecule has 0 heterocycles. The van der Waals surface area contributed by atoms with E-state index in [1.807, 2.05) is 0 Å².